The second-order valence-electron chi connectivity index (χ2n) is 12.7. The minimum atomic E-state index is -5.10. The fraction of sp³-hybridized carbons (Fsp3) is 0.471. The Bertz CT molecular complexity index is 1750. The third-order valence-corrected chi connectivity index (χ3v) is 8.71. The van der Waals surface area contributed by atoms with E-state index in [9.17, 15) is 49.1 Å². The van der Waals surface area contributed by atoms with Crippen LogP contribution in [0.15, 0.2) is 42.6 Å². The molecule has 2 aromatic carbocycles. The van der Waals surface area contributed by atoms with Crippen LogP contribution in [0, 0.1) is 0 Å². The number of ether oxygens (including phenoxy) is 1. The van der Waals surface area contributed by atoms with Crippen molar-refractivity contribution < 1.29 is 58.9 Å². The van der Waals surface area contributed by atoms with Gasteiger partial charge in [0.25, 0.3) is 0 Å². The number of fused-ring (bicyclic) bond motifs is 1. The number of halogens is 9. The maximum absolute atomic E-state index is 14.0. The lowest BCUT2D eigenvalue weighted by molar-refractivity contribution is -0.143. The molecule has 1 aliphatic heterocycles. The van der Waals surface area contributed by atoms with Crippen molar-refractivity contribution in [2.75, 3.05) is 30.5 Å². The standard InChI is InChI=1S/C34H36F9N5O4/c1-4-31(44)17-24(23-16-20(32(35,36)37)9-10-26(23)48(31)30(51)52-11-7-5-6-8-28(49)50)29-45-18-27(47(2)3)25(46-29)14-19-12-21(33(38,39)40)15-22(13-19)34(41,42)43/h9-10,12-13,15-16,18,24H,4-8,11,14,17,44H2,1-3H3,(H,49,50)/t24-,31+/m0/s1. The zero-order valence-corrected chi connectivity index (χ0v) is 28.2. The summed E-state index contributed by atoms with van der Waals surface area (Å²) in [5.74, 6) is -2.23. The van der Waals surface area contributed by atoms with Crippen LogP contribution in [0.1, 0.15) is 90.7 Å². The van der Waals surface area contributed by atoms with Crippen LogP contribution in [0.5, 0.6) is 0 Å². The van der Waals surface area contributed by atoms with Crippen LogP contribution < -0.4 is 15.5 Å². The van der Waals surface area contributed by atoms with Crippen molar-refractivity contribution in [3.63, 3.8) is 0 Å². The van der Waals surface area contributed by atoms with Crippen molar-refractivity contribution in [1.29, 1.82) is 0 Å². The minimum absolute atomic E-state index is 0.000767. The summed E-state index contributed by atoms with van der Waals surface area (Å²) in [6.07, 6.45) is -14.4. The summed E-state index contributed by atoms with van der Waals surface area (Å²) >= 11 is 0. The predicted octanol–water partition coefficient (Wildman–Crippen LogP) is 8.38. The molecule has 0 fully saturated rings. The van der Waals surface area contributed by atoms with E-state index in [1.165, 1.54) is 25.2 Å². The molecule has 52 heavy (non-hydrogen) atoms. The zero-order valence-electron chi connectivity index (χ0n) is 28.2. The van der Waals surface area contributed by atoms with Crippen LogP contribution in [-0.2, 0) is 34.5 Å². The summed E-state index contributed by atoms with van der Waals surface area (Å²) in [4.78, 5) is 35.7. The molecule has 0 saturated heterocycles. The maximum atomic E-state index is 14.0. The molecule has 2 atom stereocenters. The molecule has 0 unspecified atom stereocenters. The number of rotatable bonds is 11. The molecular formula is C34H36F9N5O4. The number of aromatic nitrogens is 2. The van der Waals surface area contributed by atoms with Crippen molar-refractivity contribution in [2.45, 2.75) is 82.0 Å². The van der Waals surface area contributed by atoms with Crippen molar-refractivity contribution >= 4 is 23.4 Å². The van der Waals surface area contributed by atoms with Crippen molar-refractivity contribution in [3.05, 3.63) is 81.9 Å². The van der Waals surface area contributed by atoms with Gasteiger partial charge in [-0.25, -0.2) is 14.8 Å². The molecule has 0 radical (unpaired) electrons. The highest BCUT2D eigenvalue weighted by Gasteiger charge is 2.47. The highest BCUT2D eigenvalue weighted by molar-refractivity contribution is 5.91. The molecule has 3 aromatic rings. The number of nitrogens with two attached hydrogens (primary N) is 1. The second kappa shape index (κ2) is 15.2. The molecule has 2 heterocycles. The van der Waals surface area contributed by atoms with Gasteiger partial charge in [-0.2, -0.15) is 39.5 Å². The second-order valence-corrected chi connectivity index (χ2v) is 12.7. The van der Waals surface area contributed by atoms with Crippen LogP contribution in [0.25, 0.3) is 0 Å². The average molecular weight is 750 g/mol. The number of nitrogens with zero attached hydrogens (tertiary/aromatic N) is 4. The van der Waals surface area contributed by atoms with Crippen LogP contribution in [-0.4, -0.2) is 53.5 Å². The molecular weight excluding hydrogens is 713 g/mol. The zero-order chi connectivity index (χ0) is 38.8. The third-order valence-electron chi connectivity index (χ3n) is 8.71. The summed E-state index contributed by atoms with van der Waals surface area (Å²) in [6, 6.07) is 3.77. The fourth-order valence-electron chi connectivity index (χ4n) is 6.01. The summed E-state index contributed by atoms with van der Waals surface area (Å²) in [7, 11) is 3.08. The lowest BCUT2D eigenvalue weighted by atomic mass is 9.80. The molecule has 1 amide bonds. The Kier molecular flexibility index (Phi) is 11.7. The molecule has 1 aliphatic rings. The first kappa shape index (κ1) is 40.2. The number of unbranched alkanes of at least 4 members (excludes halogenated alkanes) is 2. The lowest BCUT2D eigenvalue weighted by Gasteiger charge is -2.46. The number of carbonyl (C=O) groups excluding carboxylic acids is 1. The summed E-state index contributed by atoms with van der Waals surface area (Å²) in [5, 5.41) is 8.81. The molecule has 3 N–H and O–H groups in total. The molecule has 4 rings (SSSR count). The molecule has 18 heteroatoms. The number of hydrogen-bond donors (Lipinski definition) is 2. The molecule has 0 aliphatic carbocycles. The van der Waals surface area contributed by atoms with Crippen molar-refractivity contribution in [3.8, 4) is 0 Å². The number of aliphatic carboxylic acids is 1. The highest BCUT2D eigenvalue weighted by Crippen LogP contribution is 2.48. The number of anilines is 2. The van der Waals surface area contributed by atoms with Crippen molar-refractivity contribution in [1.82, 2.24) is 9.97 Å². The van der Waals surface area contributed by atoms with Gasteiger partial charge in [-0.05, 0) is 79.6 Å². The van der Waals surface area contributed by atoms with Crippen molar-refractivity contribution in [2.24, 2.45) is 5.73 Å². The van der Waals surface area contributed by atoms with Gasteiger partial charge in [0.05, 0.1) is 46.6 Å². The number of carboxylic acids is 1. The Morgan fingerprint density at radius 1 is 0.942 bits per heavy atom. The molecule has 0 saturated carbocycles. The van der Waals surface area contributed by atoms with Gasteiger partial charge in [-0.15, -0.1) is 0 Å². The topological polar surface area (TPSA) is 122 Å². The first-order valence-electron chi connectivity index (χ1n) is 16.1. The van der Waals surface area contributed by atoms with Gasteiger partial charge < -0.3 is 20.5 Å². The maximum Gasteiger partial charge on any atom is 0.416 e. The quantitative estimate of drug-likeness (QED) is 0.148. The molecule has 0 spiro atoms. The number of carboxylic acid groups (broad SMARTS) is 1. The summed E-state index contributed by atoms with van der Waals surface area (Å²) < 4.78 is 129. The lowest BCUT2D eigenvalue weighted by Crippen LogP contribution is -2.61. The number of benzene rings is 2. The molecule has 0 bridgehead atoms. The van der Waals surface area contributed by atoms with E-state index < -0.39 is 65.3 Å². The van der Waals surface area contributed by atoms with Gasteiger partial charge in [-0.3, -0.25) is 9.69 Å². The van der Waals surface area contributed by atoms with Crippen LogP contribution >= 0.6 is 0 Å². The summed E-state index contributed by atoms with van der Waals surface area (Å²) in [6.45, 7) is 1.50. The average Bonchev–Trinajstić information content (AvgIpc) is 3.04. The van der Waals surface area contributed by atoms with Crippen LogP contribution in [0.4, 0.5) is 55.7 Å². The minimum Gasteiger partial charge on any atom is -0.481 e. The van der Waals surface area contributed by atoms with Gasteiger partial charge in [0.1, 0.15) is 11.5 Å². The molecule has 284 valence electrons. The van der Waals surface area contributed by atoms with Gasteiger partial charge >= 0.3 is 30.6 Å². The molecule has 1 aromatic heterocycles. The predicted molar refractivity (Wildman–Crippen MR) is 171 cm³/mol. The Morgan fingerprint density at radius 2 is 1.56 bits per heavy atom. The van der Waals surface area contributed by atoms with Gasteiger partial charge in [0.15, 0.2) is 0 Å². The van der Waals surface area contributed by atoms with E-state index in [2.05, 4.69) is 9.97 Å². The number of amides is 1. The van der Waals surface area contributed by atoms with E-state index in [0.717, 1.165) is 23.1 Å². The van der Waals surface area contributed by atoms with Crippen LogP contribution in [0.2, 0.25) is 0 Å². The molecule has 9 nitrogen and oxygen atoms in total. The Balaban J connectivity index is 1.81. The Morgan fingerprint density at radius 3 is 2.10 bits per heavy atom. The largest absolute Gasteiger partial charge is 0.481 e. The van der Waals surface area contributed by atoms with E-state index in [-0.39, 0.29) is 66.0 Å². The fourth-order valence-corrected chi connectivity index (χ4v) is 6.01. The first-order chi connectivity index (χ1) is 24.0. The van der Waals surface area contributed by atoms with Gasteiger partial charge in [-0.1, -0.05) is 6.92 Å². The Labute approximate surface area is 292 Å². The highest BCUT2D eigenvalue weighted by atomic mass is 19.4. The Hall–Kier alpha value is -4.61. The van der Waals surface area contributed by atoms with E-state index in [4.69, 9.17) is 15.6 Å². The van der Waals surface area contributed by atoms with E-state index in [0.29, 0.717) is 31.4 Å². The van der Waals surface area contributed by atoms with Crippen LogP contribution in [0.3, 0.4) is 0 Å². The van der Waals surface area contributed by atoms with Gasteiger partial charge in [0, 0.05) is 32.9 Å². The third kappa shape index (κ3) is 9.24. The smallest absolute Gasteiger partial charge is 0.416 e. The normalized spacial score (nSPS) is 17.9. The van der Waals surface area contributed by atoms with E-state index in [1.807, 2.05) is 0 Å². The van der Waals surface area contributed by atoms with E-state index in [1.54, 1.807) is 6.92 Å². The summed E-state index contributed by atoms with van der Waals surface area (Å²) in [5.41, 5.74) is 0.789. The van der Waals surface area contributed by atoms with Gasteiger partial charge in [0.2, 0.25) is 0 Å². The monoisotopic (exact) mass is 749 g/mol. The first-order valence-corrected chi connectivity index (χ1v) is 16.1. The number of hydrogen-bond acceptors (Lipinski definition) is 7. The van der Waals surface area contributed by atoms with E-state index >= 15 is 0 Å². The number of carbonyl (C=O) groups is 2. The number of alkyl halides is 9. The SMILES string of the molecule is CC[C@]1(N)C[C@H](c2ncc(N(C)C)c(Cc3cc(C(F)(F)F)cc(C(F)(F)F)c3)n2)c2cc(C(F)(F)F)ccc2N1C(=O)OCCCCCC(=O)O.